The van der Waals surface area contributed by atoms with E-state index < -0.39 is 25.6 Å². The van der Waals surface area contributed by atoms with Crippen LogP contribution in [0.4, 0.5) is 34.9 Å². The maximum absolute atomic E-state index is 12.9. The van der Waals surface area contributed by atoms with Crippen molar-refractivity contribution in [2.45, 2.75) is 201 Å². The number of carbonyl (C=O) groups is 2. The number of nitrogens with one attached hydrogen (secondary N) is 4. The Morgan fingerprint density at radius 2 is 0.953 bits per heavy atom. The molecule has 0 bridgehead atoms. The largest absolute Gasteiger partial charge is 1.00 e. The normalized spacial score (nSPS) is 17.8. The Balaban J connectivity index is 0.000000238. The molecule has 26 heteroatoms. The zero-order valence-electron chi connectivity index (χ0n) is 49.3. The molecule has 0 spiro atoms. The predicted molar refractivity (Wildman–Crippen MR) is 321 cm³/mol. The summed E-state index contributed by atoms with van der Waals surface area (Å²) in [6.45, 7) is 1.44. The van der Waals surface area contributed by atoms with Crippen molar-refractivity contribution >= 4 is 88.8 Å². The number of carboxylic acid groups (broad SMARTS) is 1. The fourth-order valence-electron chi connectivity index (χ4n) is 11.3. The van der Waals surface area contributed by atoms with E-state index in [1.54, 1.807) is 61.2 Å². The number of unbranched alkanes of at least 4 members (excludes halogenated alkanes) is 6. The molecule has 6 aromatic rings. The zero-order valence-corrected chi connectivity index (χ0v) is 50.9. The van der Waals surface area contributed by atoms with Crippen molar-refractivity contribution in [2.75, 3.05) is 53.1 Å². The maximum atomic E-state index is 12.9. The fraction of sp³-hybridized carbons (Fsp3) is 0.593. The van der Waals surface area contributed by atoms with Gasteiger partial charge in [0.05, 0.1) is 41.1 Å². The molecule has 2 aromatic carbocycles. The number of carbonyl (C=O) groups excluding carboxylic acids is 1. The number of carboxylic acids is 1. The number of sulfone groups is 2. The van der Waals surface area contributed by atoms with E-state index in [1.807, 2.05) is 9.13 Å². The summed E-state index contributed by atoms with van der Waals surface area (Å²) in [4.78, 5) is 51.0. The Labute approximate surface area is 510 Å². The van der Waals surface area contributed by atoms with Gasteiger partial charge in [-0.1, -0.05) is 64.2 Å². The second-order valence-corrected chi connectivity index (χ2v) is 26.5. The molecule has 85 heavy (non-hydrogen) atoms. The minimum absolute atomic E-state index is 0. The van der Waals surface area contributed by atoms with Crippen LogP contribution in [-0.4, -0.2) is 122 Å². The number of ether oxygens (including phenoxy) is 3. The van der Waals surface area contributed by atoms with E-state index in [-0.39, 0.29) is 70.5 Å². The molecule has 2 aliphatic heterocycles. The summed E-state index contributed by atoms with van der Waals surface area (Å²) >= 11 is 0. The molecule has 6 heterocycles. The van der Waals surface area contributed by atoms with Crippen LogP contribution in [0.3, 0.4) is 0 Å². The van der Waals surface area contributed by atoms with Gasteiger partial charge in [-0.05, 0) is 138 Å². The summed E-state index contributed by atoms with van der Waals surface area (Å²) in [5.74, 6) is 1.28. The molecule has 10 rings (SSSR count). The van der Waals surface area contributed by atoms with Crippen molar-refractivity contribution in [1.29, 1.82) is 0 Å². The van der Waals surface area contributed by atoms with Gasteiger partial charge in [-0.15, -0.1) is 0 Å². The first-order chi connectivity index (χ1) is 40.3. The number of fused-ring (bicyclic) bond motifs is 2. The Bertz CT molecular complexity index is 3290. The van der Waals surface area contributed by atoms with Crippen LogP contribution in [0.2, 0.25) is 0 Å². The minimum Gasteiger partial charge on any atom is -0.870 e. The third kappa shape index (κ3) is 19.0. The topological polar surface area (TPSA) is 316 Å². The second-order valence-electron chi connectivity index (χ2n) is 22.3. The van der Waals surface area contributed by atoms with Gasteiger partial charge in [0.2, 0.25) is 11.9 Å². The number of methoxy groups -OCH3 is 1. The molecule has 2 saturated carbocycles. The number of hydrogen-bond donors (Lipinski definition) is 5. The number of nitrogens with zero attached hydrogens (tertiary/aromatic N) is 8. The molecule has 4 aromatic heterocycles. The SMILES string of the molecule is COC(=O)CCCCCCS(=O)(=O)c1ccc(Nc2nc(NC3CCCCC3)c3ncn(C4CCCCO4)c3n2)cc1.O=C(O)CCCCCCS(=O)(=O)c1ccc(Nc2nc(NC3CCCCC3)c3ncn(C4CCCCO4)c3n2)cc1.[Li+].[OH-]. The predicted octanol–water partition coefficient (Wildman–Crippen LogP) is 8.56. The van der Waals surface area contributed by atoms with E-state index in [0.29, 0.717) is 110 Å². The van der Waals surface area contributed by atoms with Crippen LogP contribution in [-0.2, 0) is 43.5 Å². The van der Waals surface area contributed by atoms with Gasteiger partial charge in [0.25, 0.3) is 0 Å². The average Bonchev–Trinajstić information content (AvgIpc) is 2.64. The number of rotatable bonds is 26. The number of aliphatic carboxylic acids is 1. The van der Waals surface area contributed by atoms with E-state index in [0.717, 1.165) is 94.7 Å². The molecule has 4 aliphatic rings. The molecule has 2 unspecified atom stereocenters. The van der Waals surface area contributed by atoms with Gasteiger partial charge in [-0.2, -0.15) is 19.9 Å². The van der Waals surface area contributed by atoms with Crippen molar-refractivity contribution in [3.8, 4) is 0 Å². The Hall–Kier alpha value is -5.94. The van der Waals surface area contributed by atoms with E-state index in [4.69, 9.17) is 34.5 Å². The quantitative estimate of drug-likeness (QED) is 0.0193. The monoisotopic (exact) mass is 1210 g/mol. The fourth-order valence-corrected chi connectivity index (χ4v) is 14.0. The second kappa shape index (κ2) is 32.7. The summed E-state index contributed by atoms with van der Waals surface area (Å²) in [6, 6.07) is 14.1. The Kier molecular flexibility index (Phi) is 25.6. The van der Waals surface area contributed by atoms with Gasteiger partial charge < -0.3 is 46.1 Å². The summed E-state index contributed by atoms with van der Waals surface area (Å²) in [5, 5.41) is 22.5. The van der Waals surface area contributed by atoms with Crippen molar-refractivity contribution < 1.29 is 70.1 Å². The first-order valence-corrected chi connectivity index (χ1v) is 33.4. The zero-order chi connectivity index (χ0) is 58.0. The molecule has 0 radical (unpaired) electrons. The van der Waals surface area contributed by atoms with Crippen LogP contribution < -0.4 is 40.1 Å². The van der Waals surface area contributed by atoms with E-state index in [9.17, 15) is 26.4 Å². The van der Waals surface area contributed by atoms with E-state index >= 15 is 0 Å². The first kappa shape index (κ1) is 66.6. The number of hydrogen-bond acceptors (Lipinski definition) is 20. The molecule has 4 fully saturated rings. The van der Waals surface area contributed by atoms with Crippen molar-refractivity contribution in [2.24, 2.45) is 0 Å². The third-order valence-electron chi connectivity index (χ3n) is 15.9. The van der Waals surface area contributed by atoms with Gasteiger partial charge in [-0.25, -0.2) is 26.8 Å². The number of imidazole rings is 2. The van der Waals surface area contributed by atoms with Gasteiger partial charge in [0.15, 0.2) is 53.6 Å². The molecule has 2 atom stereocenters. The third-order valence-corrected chi connectivity index (χ3v) is 19.6. The number of aromatic nitrogens is 8. The van der Waals surface area contributed by atoms with Gasteiger partial charge in [-0.3, -0.25) is 18.7 Å². The van der Waals surface area contributed by atoms with Crippen LogP contribution in [0, 0.1) is 0 Å². The number of anilines is 6. The summed E-state index contributed by atoms with van der Waals surface area (Å²) in [6.07, 6.45) is 26.9. The first-order valence-electron chi connectivity index (χ1n) is 30.1. The maximum Gasteiger partial charge on any atom is 1.00 e. The average molecular weight is 1210 g/mol. The molecular formula is C59H83LiN12O11S2. The Morgan fingerprint density at radius 3 is 1.34 bits per heavy atom. The number of esters is 1. The minimum atomic E-state index is -3.43. The summed E-state index contributed by atoms with van der Waals surface area (Å²) < 4.78 is 72.1. The van der Waals surface area contributed by atoms with Gasteiger partial charge >= 0.3 is 30.8 Å². The van der Waals surface area contributed by atoms with Gasteiger partial charge in [0.1, 0.15) is 12.5 Å². The molecule has 0 amide bonds. The molecule has 23 nitrogen and oxygen atoms in total. The van der Waals surface area contributed by atoms with Gasteiger partial charge in [0, 0.05) is 49.5 Å². The van der Waals surface area contributed by atoms with Crippen LogP contribution >= 0.6 is 0 Å². The van der Waals surface area contributed by atoms with Crippen LogP contribution in [0.25, 0.3) is 22.3 Å². The molecule has 6 N–H and O–H groups in total. The summed E-state index contributed by atoms with van der Waals surface area (Å²) in [5.41, 5.74) is 4.24. The smallest absolute Gasteiger partial charge is 0.870 e. The van der Waals surface area contributed by atoms with Crippen LogP contribution in [0.1, 0.15) is 179 Å². The van der Waals surface area contributed by atoms with Crippen molar-refractivity contribution in [3.63, 3.8) is 0 Å². The number of benzene rings is 2. The van der Waals surface area contributed by atoms with Crippen molar-refractivity contribution in [1.82, 2.24) is 39.0 Å². The van der Waals surface area contributed by atoms with Crippen LogP contribution in [0.15, 0.2) is 71.0 Å². The molecule has 2 saturated heterocycles. The van der Waals surface area contributed by atoms with Crippen molar-refractivity contribution in [3.05, 3.63) is 61.2 Å². The standard InChI is InChI=1S/C30H42N6O5S.C29H40N6O5S.Li.H2O/c1-40-26(37)14-7-2-3-10-20-42(38,39)24-17-15-23(16-18-24)33-30-34-28(32-22-11-5-4-6-12-22)27-29(35-30)36(21-31-27)25-13-8-9-19-41-25;36-25(37)13-6-1-2-9-19-41(38,39)23-16-14-22(15-17-23)32-29-33-27(31-21-10-4-3-5-11-21)26-28(34-29)35(20-30-26)24-12-7-8-18-40-24;;/h15-18,21-22,25H,2-14,19-20H2,1H3,(H2,32,33,34,35);14-17,20-21,24H,1-13,18-19H2,(H,36,37)(H2,31,32,33,34);;1H2/q;;+1;/p-1. The molecule has 458 valence electrons. The molecule has 2 aliphatic carbocycles. The summed E-state index contributed by atoms with van der Waals surface area (Å²) in [7, 11) is -5.46. The Morgan fingerprint density at radius 1 is 0.553 bits per heavy atom. The van der Waals surface area contributed by atoms with Crippen LogP contribution in [0.5, 0.6) is 0 Å². The molecular weight excluding hydrogens is 1120 g/mol. The van der Waals surface area contributed by atoms with E-state index in [1.165, 1.54) is 45.6 Å². The van der Waals surface area contributed by atoms with E-state index in [2.05, 4.69) is 36.0 Å².